The van der Waals surface area contributed by atoms with Gasteiger partial charge in [0.1, 0.15) is 11.8 Å². The molecular formula is C11H14BrNO3. The van der Waals surface area contributed by atoms with E-state index < -0.39 is 12.0 Å². The number of aryl methyl sites for hydroxylation is 1. The molecule has 1 aromatic rings. The van der Waals surface area contributed by atoms with E-state index in [1.807, 2.05) is 13.8 Å². The number of benzene rings is 1. The molecule has 4 nitrogen and oxygen atoms in total. The zero-order valence-electron chi connectivity index (χ0n) is 9.12. The van der Waals surface area contributed by atoms with E-state index in [0.717, 1.165) is 11.1 Å². The first-order valence-electron chi connectivity index (χ1n) is 4.80. The summed E-state index contributed by atoms with van der Waals surface area (Å²) in [7, 11) is 0. The van der Waals surface area contributed by atoms with Crippen LogP contribution in [0.5, 0.6) is 5.75 Å². The van der Waals surface area contributed by atoms with Gasteiger partial charge in [0.25, 0.3) is 0 Å². The van der Waals surface area contributed by atoms with Crippen LogP contribution in [-0.4, -0.2) is 22.2 Å². The molecule has 0 spiro atoms. The van der Waals surface area contributed by atoms with Crippen LogP contribution in [0.25, 0.3) is 0 Å². The normalized spacial score (nSPS) is 12.5. The Bertz CT molecular complexity index is 405. The largest absolute Gasteiger partial charge is 0.506 e. The fourth-order valence-corrected chi connectivity index (χ4v) is 2.07. The lowest BCUT2D eigenvalue weighted by molar-refractivity contribution is -0.138. The summed E-state index contributed by atoms with van der Waals surface area (Å²) in [6, 6.07) is 0.791. The SMILES string of the molecule is Cc1cc(Br)c(O)c(CC(N)C(=O)O)c1C. The van der Waals surface area contributed by atoms with Gasteiger partial charge >= 0.3 is 5.97 Å². The number of carboxylic acid groups (broad SMARTS) is 1. The number of halogens is 1. The van der Waals surface area contributed by atoms with Crippen LogP contribution in [-0.2, 0) is 11.2 Å². The molecule has 0 aliphatic rings. The fourth-order valence-electron chi connectivity index (χ4n) is 1.48. The first-order chi connectivity index (χ1) is 7.34. The summed E-state index contributed by atoms with van der Waals surface area (Å²) in [5.74, 6) is -1.00. The average Bonchev–Trinajstić information content (AvgIpc) is 2.21. The molecule has 0 saturated heterocycles. The summed E-state index contributed by atoms with van der Waals surface area (Å²) in [5.41, 5.74) is 7.90. The second-order valence-corrected chi connectivity index (χ2v) is 4.63. The zero-order valence-corrected chi connectivity index (χ0v) is 10.7. The van der Waals surface area contributed by atoms with Crippen molar-refractivity contribution in [3.8, 4) is 5.75 Å². The van der Waals surface area contributed by atoms with Crippen molar-refractivity contribution < 1.29 is 15.0 Å². The average molecular weight is 288 g/mol. The van der Waals surface area contributed by atoms with E-state index in [1.54, 1.807) is 6.07 Å². The molecule has 88 valence electrons. The topological polar surface area (TPSA) is 83.5 Å². The Morgan fingerprint density at radius 2 is 2.12 bits per heavy atom. The Hall–Kier alpha value is -1.07. The number of carbonyl (C=O) groups is 1. The van der Waals surface area contributed by atoms with Gasteiger partial charge in [0.2, 0.25) is 0 Å². The number of aliphatic carboxylic acids is 1. The highest BCUT2D eigenvalue weighted by molar-refractivity contribution is 9.10. The van der Waals surface area contributed by atoms with E-state index in [9.17, 15) is 9.90 Å². The smallest absolute Gasteiger partial charge is 0.320 e. The molecule has 5 heteroatoms. The van der Waals surface area contributed by atoms with Crippen molar-refractivity contribution in [2.45, 2.75) is 26.3 Å². The van der Waals surface area contributed by atoms with Gasteiger partial charge in [-0.05, 0) is 47.0 Å². The van der Waals surface area contributed by atoms with E-state index in [0.29, 0.717) is 10.0 Å². The molecule has 0 radical (unpaired) electrons. The van der Waals surface area contributed by atoms with E-state index in [4.69, 9.17) is 10.8 Å². The lowest BCUT2D eigenvalue weighted by Gasteiger charge is -2.14. The predicted octanol–water partition coefficient (Wildman–Crippen LogP) is 1.73. The summed E-state index contributed by atoms with van der Waals surface area (Å²) in [5, 5.41) is 18.6. The standard InChI is InChI=1S/C11H14BrNO3/c1-5-3-8(12)10(14)7(6(5)2)4-9(13)11(15)16/h3,9,14H,4,13H2,1-2H3,(H,15,16). The predicted molar refractivity (Wildman–Crippen MR) is 64.6 cm³/mol. The van der Waals surface area contributed by atoms with Gasteiger partial charge in [-0.1, -0.05) is 0 Å². The van der Waals surface area contributed by atoms with Gasteiger partial charge in [-0.2, -0.15) is 0 Å². The Labute approximate surface area is 102 Å². The summed E-state index contributed by atoms with van der Waals surface area (Å²) >= 11 is 3.22. The minimum atomic E-state index is -1.07. The van der Waals surface area contributed by atoms with Crippen molar-refractivity contribution in [1.29, 1.82) is 0 Å². The second-order valence-electron chi connectivity index (χ2n) is 3.78. The third kappa shape index (κ3) is 2.54. The number of nitrogens with two attached hydrogens (primary N) is 1. The molecule has 1 atom stereocenters. The van der Waals surface area contributed by atoms with Crippen LogP contribution < -0.4 is 5.73 Å². The highest BCUT2D eigenvalue weighted by Crippen LogP contribution is 2.33. The summed E-state index contributed by atoms with van der Waals surface area (Å²) < 4.78 is 0.559. The number of aromatic hydroxyl groups is 1. The molecule has 0 aliphatic carbocycles. The molecule has 4 N–H and O–H groups in total. The van der Waals surface area contributed by atoms with Crippen molar-refractivity contribution in [3.63, 3.8) is 0 Å². The number of hydrogen-bond acceptors (Lipinski definition) is 3. The Morgan fingerprint density at radius 3 is 2.62 bits per heavy atom. The van der Waals surface area contributed by atoms with Crippen LogP contribution in [0.3, 0.4) is 0 Å². The summed E-state index contributed by atoms with van der Waals surface area (Å²) in [6.07, 6.45) is 0.118. The van der Waals surface area contributed by atoms with Crippen molar-refractivity contribution in [2.24, 2.45) is 5.73 Å². The van der Waals surface area contributed by atoms with Gasteiger partial charge in [0.05, 0.1) is 4.47 Å². The Balaban J connectivity index is 3.17. The lowest BCUT2D eigenvalue weighted by atomic mass is 9.97. The molecule has 0 aliphatic heterocycles. The quantitative estimate of drug-likeness (QED) is 0.791. The van der Waals surface area contributed by atoms with E-state index >= 15 is 0 Å². The van der Waals surface area contributed by atoms with Crippen molar-refractivity contribution >= 4 is 21.9 Å². The maximum atomic E-state index is 10.7. The monoisotopic (exact) mass is 287 g/mol. The molecule has 16 heavy (non-hydrogen) atoms. The third-order valence-electron chi connectivity index (χ3n) is 2.64. The van der Waals surface area contributed by atoms with Crippen molar-refractivity contribution in [3.05, 3.63) is 27.2 Å². The molecule has 0 fully saturated rings. The number of phenolic OH excluding ortho intramolecular Hbond substituents is 1. The molecular weight excluding hydrogens is 274 g/mol. The molecule has 1 rings (SSSR count). The first-order valence-corrected chi connectivity index (χ1v) is 5.59. The van der Waals surface area contributed by atoms with Crippen LogP contribution in [0.2, 0.25) is 0 Å². The molecule has 1 aromatic carbocycles. The van der Waals surface area contributed by atoms with E-state index in [-0.39, 0.29) is 12.2 Å². The van der Waals surface area contributed by atoms with Crippen molar-refractivity contribution in [2.75, 3.05) is 0 Å². The first kappa shape index (κ1) is 13.0. The molecule has 0 saturated carbocycles. The molecule has 0 bridgehead atoms. The second kappa shape index (κ2) is 4.84. The Kier molecular flexibility index (Phi) is 3.93. The maximum Gasteiger partial charge on any atom is 0.320 e. The van der Waals surface area contributed by atoms with Gasteiger partial charge in [0.15, 0.2) is 0 Å². The van der Waals surface area contributed by atoms with Crippen LogP contribution in [0.15, 0.2) is 10.5 Å². The lowest BCUT2D eigenvalue weighted by Crippen LogP contribution is -2.32. The zero-order chi connectivity index (χ0) is 12.5. The summed E-state index contributed by atoms with van der Waals surface area (Å²) in [6.45, 7) is 3.74. The van der Waals surface area contributed by atoms with Gasteiger partial charge in [0, 0.05) is 12.0 Å². The van der Waals surface area contributed by atoms with Crippen LogP contribution in [0.1, 0.15) is 16.7 Å². The highest BCUT2D eigenvalue weighted by Gasteiger charge is 2.18. The summed E-state index contributed by atoms with van der Waals surface area (Å²) in [4.78, 5) is 10.7. The van der Waals surface area contributed by atoms with E-state index in [1.165, 1.54) is 0 Å². The van der Waals surface area contributed by atoms with Gasteiger partial charge in [-0.3, -0.25) is 4.79 Å². The van der Waals surface area contributed by atoms with Crippen molar-refractivity contribution in [1.82, 2.24) is 0 Å². The van der Waals surface area contributed by atoms with Crippen LogP contribution in [0, 0.1) is 13.8 Å². The van der Waals surface area contributed by atoms with Gasteiger partial charge in [-0.15, -0.1) is 0 Å². The Morgan fingerprint density at radius 1 is 1.56 bits per heavy atom. The number of phenols is 1. The fraction of sp³-hybridized carbons (Fsp3) is 0.364. The maximum absolute atomic E-state index is 10.7. The van der Waals surface area contributed by atoms with Crippen LogP contribution >= 0.6 is 15.9 Å². The van der Waals surface area contributed by atoms with Gasteiger partial charge in [-0.25, -0.2) is 0 Å². The molecule has 0 aromatic heterocycles. The minimum Gasteiger partial charge on any atom is -0.506 e. The number of carboxylic acids is 1. The van der Waals surface area contributed by atoms with Crippen LogP contribution in [0.4, 0.5) is 0 Å². The highest BCUT2D eigenvalue weighted by atomic mass is 79.9. The number of hydrogen-bond donors (Lipinski definition) is 3. The molecule has 0 amide bonds. The minimum absolute atomic E-state index is 0.0693. The molecule has 1 unspecified atom stereocenters. The molecule has 0 heterocycles. The number of rotatable bonds is 3. The van der Waals surface area contributed by atoms with E-state index in [2.05, 4.69) is 15.9 Å². The van der Waals surface area contributed by atoms with Gasteiger partial charge < -0.3 is 15.9 Å². The third-order valence-corrected chi connectivity index (χ3v) is 3.25.